The first-order valence-corrected chi connectivity index (χ1v) is 9.55. The molecule has 0 saturated heterocycles. The fourth-order valence-electron chi connectivity index (χ4n) is 3.52. The number of thiophene rings is 1. The van der Waals surface area contributed by atoms with Crippen molar-refractivity contribution in [1.82, 2.24) is 9.55 Å². The van der Waals surface area contributed by atoms with Gasteiger partial charge in [0.2, 0.25) is 0 Å². The lowest BCUT2D eigenvalue weighted by Gasteiger charge is -2.17. The second-order valence-electron chi connectivity index (χ2n) is 6.90. The first-order chi connectivity index (χ1) is 11.5. The molecule has 2 heterocycles. The summed E-state index contributed by atoms with van der Waals surface area (Å²) < 4.78 is 2.12. The molecule has 1 atom stereocenters. The Bertz CT molecular complexity index is 1070. The molecule has 1 aliphatic carbocycles. The second kappa shape index (κ2) is 5.67. The number of rotatable bonds is 1. The van der Waals surface area contributed by atoms with Crippen LogP contribution in [-0.4, -0.2) is 9.55 Å². The van der Waals surface area contributed by atoms with E-state index in [0.717, 1.165) is 40.7 Å². The van der Waals surface area contributed by atoms with Crippen molar-refractivity contribution < 1.29 is 0 Å². The molecule has 0 saturated carbocycles. The number of aryl methyl sites for hydroxylation is 3. The van der Waals surface area contributed by atoms with Crippen molar-refractivity contribution >= 4 is 33.8 Å². The molecule has 0 amide bonds. The van der Waals surface area contributed by atoms with Crippen molar-refractivity contribution in [3.63, 3.8) is 0 Å². The van der Waals surface area contributed by atoms with E-state index in [2.05, 4.69) is 25.8 Å². The fraction of sp³-hybridized carbons (Fsp3) is 0.368. The number of aromatic nitrogens is 2. The molecule has 0 bridgehead atoms. The Kier molecular flexibility index (Phi) is 3.73. The average Bonchev–Trinajstić information content (AvgIpc) is 2.87. The van der Waals surface area contributed by atoms with Gasteiger partial charge in [-0.05, 0) is 80.1 Å². The summed E-state index contributed by atoms with van der Waals surface area (Å²) in [6, 6.07) is 6.05. The van der Waals surface area contributed by atoms with Gasteiger partial charge in [0.25, 0.3) is 5.56 Å². The lowest BCUT2D eigenvalue weighted by molar-refractivity contribution is 0.509. The van der Waals surface area contributed by atoms with Gasteiger partial charge in [-0.25, -0.2) is 0 Å². The smallest absolute Gasteiger partial charge is 0.267 e. The maximum atomic E-state index is 13.2. The van der Waals surface area contributed by atoms with E-state index in [4.69, 9.17) is 12.2 Å². The van der Waals surface area contributed by atoms with E-state index in [-0.39, 0.29) is 5.56 Å². The maximum Gasteiger partial charge on any atom is 0.267 e. The largest absolute Gasteiger partial charge is 0.323 e. The molecule has 1 aliphatic rings. The summed E-state index contributed by atoms with van der Waals surface area (Å²) >= 11 is 7.21. The molecule has 24 heavy (non-hydrogen) atoms. The minimum atomic E-state index is 0.0176. The number of H-pyrrole nitrogens is 1. The van der Waals surface area contributed by atoms with E-state index in [0.29, 0.717) is 10.7 Å². The zero-order valence-corrected chi connectivity index (χ0v) is 15.7. The molecule has 4 rings (SSSR count). The summed E-state index contributed by atoms with van der Waals surface area (Å²) in [5.41, 5.74) is 4.47. The van der Waals surface area contributed by atoms with Crippen molar-refractivity contribution in [2.75, 3.05) is 0 Å². The molecule has 3 aromatic rings. The third-order valence-electron chi connectivity index (χ3n) is 5.10. The first-order valence-electron chi connectivity index (χ1n) is 8.33. The lowest BCUT2D eigenvalue weighted by Crippen LogP contribution is -2.21. The van der Waals surface area contributed by atoms with Crippen LogP contribution in [0.25, 0.3) is 15.9 Å². The molecule has 1 aromatic carbocycles. The number of nitrogens with one attached hydrogen (secondary N) is 1. The van der Waals surface area contributed by atoms with Crippen molar-refractivity contribution in [3.05, 3.63) is 54.9 Å². The van der Waals surface area contributed by atoms with Gasteiger partial charge in [-0.1, -0.05) is 13.0 Å². The standard InChI is InChI=1S/C19H20N2OS2/c1-10-4-7-14-15(8-10)24-17-16(14)18(22)21(19(23)20-17)13-6-5-11(2)12(3)9-13/h5-6,9-10H,4,7-8H2,1-3H3,(H,20,23). The highest BCUT2D eigenvalue weighted by Gasteiger charge is 2.23. The average molecular weight is 357 g/mol. The Morgan fingerprint density at radius 1 is 1.29 bits per heavy atom. The van der Waals surface area contributed by atoms with Crippen molar-refractivity contribution in [3.8, 4) is 5.69 Å². The van der Waals surface area contributed by atoms with Gasteiger partial charge >= 0.3 is 0 Å². The Balaban J connectivity index is 2.02. The summed E-state index contributed by atoms with van der Waals surface area (Å²) in [5, 5.41) is 0.841. The van der Waals surface area contributed by atoms with Gasteiger partial charge < -0.3 is 4.98 Å². The number of benzene rings is 1. The van der Waals surface area contributed by atoms with E-state index in [1.54, 1.807) is 15.9 Å². The molecule has 0 fully saturated rings. The quantitative estimate of drug-likeness (QED) is 0.633. The van der Waals surface area contributed by atoms with Crippen molar-refractivity contribution in [2.45, 2.75) is 40.0 Å². The Morgan fingerprint density at radius 2 is 2.08 bits per heavy atom. The van der Waals surface area contributed by atoms with E-state index in [9.17, 15) is 4.79 Å². The zero-order chi connectivity index (χ0) is 17.0. The van der Waals surface area contributed by atoms with E-state index >= 15 is 0 Å². The molecule has 1 N–H and O–H groups in total. The van der Waals surface area contributed by atoms with Gasteiger partial charge in [-0.15, -0.1) is 11.3 Å². The Morgan fingerprint density at radius 3 is 2.83 bits per heavy atom. The monoisotopic (exact) mass is 356 g/mol. The Labute approximate surface area is 150 Å². The number of nitrogens with zero attached hydrogens (tertiary/aromatic N) is 1. The van der Waals surface area contributed by atoms with E-state index in [1.807, 2.05) is 18.2 Å². The topological polar surface area (TPSA) is 37.8 Å². The molecule has 0 spiro atoms. The molecule has 3 nitrogen and oxygen atoms in total. The van der Waals surface area contributed by atoms with Gasteiger partial charge in [0, 0.05) is 4.88 Å². The molecular formula is C19H20N2OS2. The second-order valence-corrected chi connectivity index (χ2v) is 8.39. The van der Waals surface area contributed by atoms with Crippen LogP contribution in [0.1, 0.15) is 34.9 Å². The third-order valence-corrected chi connectivity index (χ3v) is 6.56. The highest BCUT2D eigenvalue weighted by molar-refractivity contribution is 7.71. The van der Waals surface area contributed by atoms with Crippen LogP contribution in [0.3, 0.4) is 0 Å². The maximum absolute atomic E-state index is 13.2. The number of aromatic amines is 1. The van der Waals surface area contributed by atoms with Gasteiger partial charge in [-0.3, -0.25) is 9.36 Å². The minimum absolute atomic E-state index is 0.0176. The summed E-state index contributed by atoms with van der Waals surface area (Å²) in [6.07, 6.45) is 3.21. The van der Waals surface area contributed by atoms with E-state index in [1.165, 1.54) is 16.0 Å². The summed E-state index contributed by atoms with van der Waals surface area (Å²) in [5.74, 6) is 0.690. The summed E-state index contributed by atoms with van der Waals surface area (Å²) in [6.45, 7) is 6.41. The van der Waals surface area contributed by atoms with Crippen LogP contribution in [0.4, 0.5) is 0 Å². The molecule has 1 unspecified atom stereocenters. The molecule has 124 valence electrons. The number of fused-ring (bicyclic) bond motifs is 3. The number of hydrogen-bond donors (Lipinski definition) is 1. The van der Waals surface area contributed by atoms with Crippen LogP contribution in [0.2, 0.25) is 0 Å². The summed E-state index contributed by atoms with van der Waals surface area (Å²) in [7, 11) is 0. The SMILES string of the molecule is Cc1ccc(-n2c(=S)[nH]c3sc4c(c3c2=O)CCC(C)C4)cc1C. The van der Waals surface area contributed by atoms with Crippen LogP contribution in [0.5, 0.6) is 0 Å². The van der Waals surface area contributed by atoms with Gasteiger partial charge in [0.1, 0.15) is 4.83 Å². The van der Waals surface area contributed by atoms with E-state index < -0.39 is 0 Å². The normalized spacial score (nSPS) is 17.2. The fourth-order valence-corrected chi connectivity index (χ4v) is 5.28. The molecular weight excluding hydrogens is 336 g/mol. The lowest BCUT2D eigenvalue weighted by atomic mass is 9.89. The Hall–Kier alpha value is -1.72. The molecule has 0 aliphatic heterocycles. The van der Waals surface area contributed by atoms with Crippen molar-refractivity contribution in [2.24, 2.45) is 5.92 Å². The summed E-state index contributed by atoms with van der Waals surface area (Å²) in [4.78, 5) is 18.8. The van der Waals surface area contributed by atoms with Crippen LogP contribution in [0, 0.1) is 24.5 Å². The van der Waals surface area contributed by atoms with Gasteiger partial charge in [-0.2, -0.15) is 0 Å². The van der Waals surface area contributed by atoms with Crippen LogP contribution < -0.4 is 5.56 Å². The zero-order valence-electron chi connectivity index (χ0n) is 14.1. The third kappa shape index (κ3) is 2.38. The van der Waals surface area contributed by atoms with Gasteiger partial charge in [0.05, 0.1) is 11.1 Å². The first kappa shape index (κ1) is 15.8. The number of hydrogen-bond acceptors (Lipinski definition) is 3. The van der Waals surface area contributed by atoms with Crippen molar-refractivity contribution in [1.29, 1.82) is 0 Å². The predicted octanol–water partition coefficient (Wildman–Crippen LogP) is 4.85. The molecule has 2 aromatic heterocycles. The highest BCUT2D eigenvalue weighted by atomic mass is 32.1. The highest BCUT2D eigenvalue weighted by Crippen LogP contribution is 2.35. The molecule has 0 radical (unpaired) electrons. The van der Waals surface area contributed by atoms with Crippen LogP contribution >= 0.6 is 23.6 Å². The predicted molar refractivity (Wildman–Crippen MR) is 103 cm³/mol. The van der Waals surface area contributed by atoms with Crippen LogP contribution in [-0.2, 0) is 12.8 Å². The molecule has 5 heteroatoms. The van der Waals surface area contributed by atoms with Gasteiger partial charge in [0.15, 0.2) is 4.77 Å². The van der Waals surface area contributed by atoms with Crippen LogP contribution in [0.15, 0.2) is 23.0 Å². The minimum Gasteiger partial charge on any atom is -0.323 e.